The zero-order chi connectivity index (χ0) is 9.84. The zero-order valence-electron chi connectivity index (χ0n) is 8.95. The van der Waals surface area contributed by atoms with Gasteiger partial charge in [-0.05, 0) is 33.7 Å². The Morgan fingerprint density at radius 1 is 1.46 bits per heavy atom. The summed E-state index contributed by atoms with van der Waals surface area (Å²) in [7, 11) is 2.18. The summed E-state index contributed by atoms with van der Waals surface area (Å²) in [5.74, 6) is 0. The van der Waals surface area contributed by atoms with Crippen molar-refractivity contribution in [2.24, 2.45) is 0 Å². The summed E-state index contributed by atoms with van der Waals surface area (Å²) in [5.41, 5.74) is 0. The fraction of sp³-hybridized carbons (Fsp3) is 1.00. The lowest BCUT2D eigenvalue weighted by molar-refractivity contribution is 0.130. The molecule has 78 valence electrons. The molecule has 0 aromatic carbocycles. The molecule has 0 saturated carbocycles. The van der Waals surface area contributed by atoms with Crippen LogP contribution in [-0.4, -0.2) is 48.3 Å². The topological polar surface area (TPSA) is 35.5 Å². The van der Waals surface area contributed by atoms with E-state index in [-0.39, 0.29) is 6.61 Å². The van der Waals surface area contributed by atoms with Crippen LogP contribution in [0, 0.1) is 0 Å². The van der Waals surface area contributed by atoms with Crippen LogP contribution in [0.3, 0.4) is 0 Å². The third-order valence-corrected chi connectivity index (χ3v) is 3.10. The monoisotopic (exact) mass is 186 g/mol. The summed E-state index contributed by atoms with van der Waals surface area (Å²) in [5, 5.41) is 12.3. The van der Waals surface area contributed by atoms with Crippen molar-refractivity contribution < 1.29 is 5.11 Å². The number of hydrogen-bond acceptors (Lipinski definition) is 3. The molecule has 0 aromatic heterocycles. The lowest BCUT2D eigenvalue weighted by Gasteiger charge is -2.37. The van der Waals surface area contributed by atoms with Crippen molar-refractivity contribution in [1.29, 1.82) is 0 Å². The Bertz CT molecular complexity index is 142. The number of hydrogen-bond donors (Lipinski definition) is 2. The lowest BCUT2D eigenvalue weighted by atomic mass is 9.99. The lowest BCUT2D eigenvalue weighted by Crippen LogP contribution is -2.51. The summed E-state index contributed by atoms with van der Waals surface area (Å²) in [4.78, 5) is 2.40. The van der Waals surface area contributed by atoms with Crippen molar-refractivity contribution in [2.45, 2.75) is 44.8 Å². The van der Waals surface area contributed by atoms with Crippen LogP contribution in [0.4, 0.5) is 0 Å². The number of nitrogens with zero attached hydrogens (tertiary/aromatic N) is 1. The number of rotatable bonds is 3. The van der Waals surface area contributed by atoms with Gasteiger partial charge in [0.05, 0.1) is 6.61 Å². The second-order valence-electron chi connectivity index (χ2n) is 4.28. The third-order valence-electron chi connectivity index (χ3n) is 3.10. The van der Waals surface area contributed by atoms with Crippen molar-refractivity contribution in [1.82, 2.24) is 10.2 Å². The molecule has 0 bridgehead atoms. The van der Waals surface area contributed by atoms with Gasteiger partial charge in [-0.1, -0.05) is 0 Å². The summed E-state index contributed by atoms with van der Waals surface area (Å²) in [6.07, 6.45) is 2.30. The molecule has 0 spiro atoms. The van der Waals surface area contributed by atoms with Crippen LogP contribution in [0.5, 0.6) is 0 Å². The van der Waals surface area contributed by atoms with Crippen LogP contribution in [0.15, 0.2) is 0 Å². The highest BCUT2D eigenvalue weighted by Gasteiger charge is 2.23. The van der Waals surface area contributed by atoms with Crippen molar-refractivity contribution in [3.05, 3.63) is 0 Å². The minimum absolute atomic E-state index is 0.276. The Balaban J connectivity index is 2.32. The number of aliphatic hydroxyl groups is 1. The molecule has 3 nitrogen and oxygen atoms in total. The van der Waals surface area contributed by atoms with Crippen LogP contribution in [0.2, 0.25) is 0 Å². The molecule has 0 radical (unpaired) electrons. The molecular formula is C10H22N2O. The minimum Gasteiger partial charge on any atom is -0.395 e. The maximum absolute atomic E-state index is 8.95. The Morgan fingerprint density at radius 3 is 2.54 bits per heavy atom. The van der Waals surface area contributed by atoms with E-state index >= 15 is 0 Å². The van der Waals surface area contributed by atoms with Crippen molar-refractivity contribution in [3.8, 4) is 0 Å². The molecule has 0 aliphatic carbocycles. The van der Waals surface area contributed by atoms with Gasteiger partial charge in [0.2, 0.25) is 0 Å². The predicted molar refractivity (Wildman–Crippen MR) is 54.8 cm³/mol. The van der Waals surface area contributed by atoms with Gasteiger partial charge < -0.3 is 10.4 Å². The van der Waals surface area contributed by atoms with E-state index in [1.807, 2.05) is 0 Å². The maximum Gasteiger partial charge on any atom is 0.0584 e. The van der Waals surface area contributed by atoms with E-state index in [9.17, 15) is 0 Å². The van der Waals surface area contributed by atoms with E-state index in [0.717, 1.165) is 13.0 Å². The first-order valence-electron chi connectivity index (χ1n) is 5.21. The van der Waals surface area contributed by atoms with E-state index in [2.05, 4.69) is 31.1 Å². The fourth-order valence-corrected chi connectivity index (χ4v) is 1.83. The van der Waals surface area contributed by atoms with E-state index in [1.165, 1.54) is 6.42 Å². The van der Waals surface area contributed by atoms with Crippen LogP contribution < -0.4 is 5.32 Å². The minimum atomic E-state index is 0.276. The molecule has 2 atom stereocenters. The average Bonchev–Trinajstić information content (AvgIpc) is 2.17. The van der Waals surface area contributed by atoms with E-state index in [0.29, 0.717) is 18.1 Å². The maximum atomic E-state index is 8.95. The molecule has 1 heterocycles. The fourth-order valence-electron chi connectivity index (χ4n) is 1.83. The first-order valence-corrected chi connectivity index (χ1v) is 5.21. The van der Waals surface area contributed by atoms with Gasteiger partial charge in [-0.25, -0.2) is 0 Å². The summed E-state index contributed by atoms with van der Waals surface area (Å²) >= 11 is 0. The molecular weight excluding hydrogens is 164 g/mol. The van der Waals surface area contributed by atoms with Crippen molar-refractivity contribution in [2.75, 3.05) is 20.2 Å². The van der Waals surface area contributed by atoms with Crippen LogP contribution in [-0.2, 0) is 0 Å². The largest absolute Gasteiger partial charge is 0.395 e. The first-order chi connectivity index (χ1) is 6.15. The standard InChI is InChI=1S/C10H22N2O/c1-8(2)12(3)10-5-4-9(7-13)11-6-10/h8-11,13H,4-7H2,1-3H3/t9-,10-/m1/s1. The van der Waals surface area contributed by atoms with Gasteiger partial charge in [-0.2, -0.15) is 0 Å². The van der Waals surface area contributed by atoms with Crippen LogP contribution in [0.25, 0.3) is 0 Å². The SMILES string of the molecule is CC(C)N(C)[C@@H]1CC[C@H](CO)NC1. The first kappa shape index (κ1) is 11.0. The second kappa shape index (κ2) is 4.94. The zero-order valence-corrected chi connectivity index (χ0v) is 8.95. The van der Waals surface area contributed by atoms with Gasteiger partial charge in [0.1, 0.15) is 0 Å². The molecule has 0 amide bonds. The van der Waals surface area contributed by atoms with Gasteiger partial charge in [0.15, 0.2) is 0 Å². The molecule has 2 N–H and O–H groups in total. The smallest absolute Gasteiger partial charge is 0.0584 e. The van der Waals surface area contributed by atoms with Crippen LogP contribution in [0.1, 0.15) is 26.7 Å². The molecule has 1 aliphatic rings. The number of likely N-dealkylation sites (N-methyl/N-ethyl adjacent to an activating group) is 1. The van der Waals surface area contributed by atoms with E-state index in [4.69, 9.17) is 5.11 Å². The Labute approximate surface area is 81.1 Å². The Morgan fingerprint density at radius 2 is 2.15 bits per heavy atom. The average molecular weight is 186 g/mol. The highest BCUT2D eigenvalue weighted by molar-refractivity contribution is 4.83. The number of aliphatic hydroxyl groups excluding tert-OH is 1. The molecule has 13 heavy (non-hydrogen) atoms. The van der Waals surface area contributed by atoms with Gasteiger partial charge >= 0.3 is 0 Å². The van der Waals surface area contributed by atoms with Gasteiger partial charge in [0, 0.05) is 24.7 Å². The van der Waals surface area contributed by atoms with Gasteiger partial charge in [-0.15, -0.1) is 0 Å². The second-order valence-corrected chi connectivity index (χ2v) is 4.28. The molecule has 0 aromatic rings. The molecule has 1 saturated heterocycles. The quantitative estimate of drug-likeness (QED) is 0.671. The molecule has 1 fully saturated rings. The molecule has 0 unspecified atom stereocenters. The molecule has 1 aliphatic heterocycles. The summed E-state index contributed by atoms with van der Waals surface area (Å²) < 4.78 is 0. The van der Waals surface area contributed by atoms with Gasteiger partial charge in [0.25, 0.3) is 0 Å². The highest BCUT2D eigenvalue weighted by Crippen LogP contribution is 2.14. The highest BCUT2D eigenvalue weighted by atomic mass is 16.3. The third kappa shape index (κ3) is 2.93. The van der Waals surface area contributed by atoms with Crippen molar-refractivity contribution >= 4 is 0 Å². The Kier molecular flexibility index (Phi) is 4.16. The predicted octanol–water partition coefficient (Wildman–Crippen LogP) is 0.439. The van der Waals surface area contributed by atoms with Crippen molar-refractivity contribution in [3.63, 3.8) is 0 Å². The van der Waals surface area contributed by atoms with Gasteiger partial charge in [-0.3, -0.25) is 4.90 Å². The molecule has 3 heteroatoms. The summed E-state index contributed by atoms with van der Waals surface area (Å²) in [6.45, 7) is 5.73. The normalized spacial score (nSPS) is 30.0. The van der Waals surface area contributed by atoms with E-state index in [1.54, 1.807) is 0 Å². The van der Waals surface area contributed by atoms with Crippen LogP contribution >= 0.6 is 0 Å². The molecule has 1 rings (SSSR count). The Hall–Kier alpha value is -0.120. The number of piperidine rings is 1. The van der Waals surface area contributed by atoms with E-state index < -0.39 is 0 Å². The number of nitrogens with one attached hydrogen (secondary N) is 1. The summed E-state index contributed by atoms with van der Waals surface area (Å²) in [6, 6.07) is 1.58.